The lowest BCUT2D eigenvalue weighted by Gasteiger charge is -2.22. The molecule has 2 atom stereocenters. The fourth-order valence-electron chi connectivity index (χ4n) is 2.52. The van der Waals surface area contributed by atoms with Crippen LogP contribution in [0.5, 0.6) is 0 Å². The number of aromatic amines is 1. The van der Waals surface area contributed by atoms with Crippen molar-refractivity contribution in [3.8, 4) is 0 Å². The molecule has 0 unspecified atom stereocenters. The summed E-state index contributed by atoms with van der Waals surface area (Å²) in [7, 11) is -1.32. The number of hydrogen-bond donors (Lipinski definition) is 1. The number of nitrogens with one attached hydrogen (secondary N) is 1. The highest BCUT2D eigenvalue weighted by molar-refractivity contribution is 14.1. The fourth-order valence-corrected chi connectivity index (χ4v) is 5.12. The topological polar surface area (TPSA) is 64.1 Å². The van der Waals surface area contributed by atoms with Crippen LogP contribution in [0.15, 0.2) is 27.1 Å². The Labute approximate surface area is 142 Å². The third-order valence-corrected chi connectivity index (χ3v) is 5.64. The van der Waals surface area contributed by atoms with E-state index in [1.807, 2.05) is 4.98 Å². The van der Waals surface area contributed by atoms with Crippen molar-refractivity contribution in [3.05, 3.63) is 44.1 Å². The van der Waals surface area contributed by atoms with Crippen LogP contribution in [-0.4, -0.2) is 28.2 Å². The van der Waals surface area contributed by atoms with Gasteiger partial charge in [-0.25, -0.2) is 4.79 Å². The number of aromatic nitrogens is 2. The number of alkyl halides is 1. The Morgan fingerprint density at radius 2 is 2.14 bits per heavy atom. The SMILES string of the molecule is C[Si](C)(C)/C=C1\CCO[C@H](n2cc(F)c(=O)[nH]c2=O)[C@@H](I)C1. The first-order valence-electron chi connectivity index (χ1n) is 7.14. The molecule has 2 rings (SSSR count). The molecule has 0 radical (unpaired) electrons. The Bertz CT molecular complexity index is 693. The Kier molecular flexibility index (Phi) is 5.44. The van der Waals surface area contributed by atoms with Crippen LogP contribution in [0.2, 0.25) is 19.6 Å². The number of hydrogen-bond acceptors (Lipinski definition) is 3. The van der Waals surface area contributed by atoms with Gasteiger partial charge in [0.2, 0.25) is 5.82 Å². The lowest BCUT2D eigenvalue weighted by Crippen LogP contribution is -2.37. The molecular formula is C14H20FIN2O3Si. The molecule has 1 saturated heterocycles. The molecule has 0 aromatic carbocycles. The molecule has 8 heteroatoms. The number of rotatable bonds is 2. The molecule has 1 N–H and O–H groups in total. The molecule has 1 aliphatic rings. The standard InChI is InChI=1S/C14H20FIN2O3Si/c1-22(2,3)8-9-4-5-21-13(11(16)6-9)18-7-10(15)12(19)17-14(18)20/h7-8,11,13H,4-6H2,1-3H3,(H,17,19,20)/b9-8+/t11-,13-/m0/s1. The summed E-state index contributed by atoms with van der Waals surface area (Å²) in [5.74, 6) is -0.978. The molecule has 5 nitrogen and oxygen atoms in total. The number of H-pyrrole nitrogens is 1. The summed E-state index contributed by atoms with van der Waals surface area (Å²) in [4.78, 5) is 25.0. The van der Waals surface area contributed by atoms with E-state index >= 15 is 0 Å². The second-order valence-electron chi connectivity index (χ2n) is 6.54. The first-order chi connectivity index (χ1) is 10.2. The maximum absolute atomic E-state index is 13.5. The normalized spacial score (nSPS) is 25.2. The summed E-state index contributed by atoms with van der Waals surface area (Å²) in [5.41, 5.74) is 2.05. The molecule has 0 amide bonds. The van der Waals surface area contributed by atoms with Gasteiger partial charge in [0.15, 0.2) is 0 Å². The highest BCUT2D eigenvalue weighted by Gasteiger charge is 2.28. The zero-order valence-corrected chi connectivity index (χ0v) is 16.0. The number of halogens is 2. The average Bonchev–Trinajstić information content (AvgIpc) is 2.53. The van der Waals surface area contributed by atoms with Gasteiger partial charge in [-0.05, 0) is 12.8 Å². The summed E-state index contributed by atoms with van der Waals surface area (Å²) in [6.07, 6.45) is 1.97. The van der Waals surface area contributed by atoms with Crippen LogP contribution >= 0.6 is 22.6 Å². The lowest BCUT2D eigenvalue weighted by molar-refractivity contribution is 0.0101. The van der Waals surface area contributed by atoms with Crippen molar-refractivity contribution in [3.63, 3.8) is 0 Å². The van der Waals surface area contributed by atoms with Crippen LogP contribution in [0.3, 0.4) is 0 Å². The zero-order chi connectivity index (χ0) is 16.5. The second-order valence-corrected chi connectivity index (χ2v) is 13.2. The van der Waals surface area contributed by atoms with Crippen LogP contribution in [0.1, 0.15) is 19.1 Å². The minimum atomic E-state index is -1.32. The van der Waals surface area contributed by atoms with Crippen molar-refractivity contribution < 1.29 is 9.13 Å². The van der Waals surface area contributed by atoms with Gasteiger partial charge in [0.1, 0.15) is 6.23 Å². The predicted molar refractivity (Wildman–Crippen MR) is 94.7 cm³/mol. The van der Waals surface area contributed by atoms with E-state index in [1.54, 1.807) is 0 Å². The largest absolute Gasteiger partial charge is 0.356 e. The second kappa shape index (κ2) is 6.79. The Morgan fingerprint density at radius 1 is 1.45 bits per heavy atom. The Balaban J connectivity index is 2.31. The van der Waals surface area contributed by atoms with Gasteiger partial charge in [-0.2, -0.15) is 4.39 Å². The maximum atomic E-state index is 13.5. The van der Waals surface area contributed by atoms with E-state index in [1.165, 1.54) is 5.57 Å². The molecule has 0 aliphatic carbocycles. The smallest absolute Gasteiger partial charge is 0.330 e. The molecule has 0 saturated carbocycles. The summed E-state index contributed by atoms with van der Waals surface area (Å²) in [6.45, 7) is 7.29. The Morgan fingerprint density at radius 3 is 2.77 bits per heavy atom. The van der Waals surface area contributed by atoms with Crippen LogP contribution in [0.4, 0.5) is 4.39 Å². The van der Waals surface area contributed by atoms with E-state index < -0.39 is 31.4 Å². The van der Waals surface area contributed by atoms with Crippen LogP contribution in [0, 0.1) is 5.82 Å². The number of ether oxygens (including phenoxy) is 1. The maximum Gasteiger partial charge on any atom is 0.330 e. The molecular weight excluding hydrogens is 418 g/mol. The molecule has 0 bridgehead atoms. The van der Waals surface area contributed by atoms with Crippen molar-refractivity contribution in [2.75, 3.05) is 6.61 Å². The molecule has 122 valence electrons. The summed E-state index contributed by atoms with van der Waals surface area (Å²) in [5, 5.41) is 0. The zero-order valence-electron chi connectivity index (χ0n) is 12.9. The van der Waals surface area contributed by atoms with Gasteiger partial charge >= 0.3 is 5.69 Å². The van der Waals surface area contributed by atoms with Gasteiger partial charge in [0, 0.05) is 0 Å². The minimum Gasteiger partial charge on any atom is -0.356 e. The predicted octanol–water partition coefficient (Wildman–Crippen LogP) is 2.59. The van der Waals surface area contributed by atoms with E-state index in [4.69, 9.17) is 4.74 Å². The van der Waals surface area contributed by atoms with E-state index in [2.05, 4.69) is 47.9 Å². The highest BCUT2D eigenvalue weighted by Crippen LogP contribution is 2.31. The van der Waals surface area contributed by atoms with Gasteiger partial charge in [-0.3, -0.25) is 14.3 Å². The summed E-state index contributed by atoms with van der Waals surface area (Å²) < 4.78 is 20.4. The van der Waals surface area contributed by atoms with Gasteiger partial charge in [-0.1, -0.05) is 53.5 Å². The molecule has 1 aromatic rings. The van der Waals surface area contributed by atoms with E-state index in [-0.39, 0.29) is 3.92 Å². The summed E-state index contributed by atoms with van der Waals surface area (Å²) in [6, 6.07) is 0. The molecule has 1 fully saturated rings. The quantitative estimate of drug-likeness (QED) is 0.439. The van der Waals surface area contributed by atoms with Gasteiger partial charge in [-0.15, -0.1) is 0 Å². The van der Waals surface area contributed by atoms with Crippen molar-refractivity contribution in [1.82, 2.24) is 9.55 Å². The molecule has 2 heterocycles. The van der Waals surface area contributed by atoms with Gasteiger partial charge in [0.05, 0.1) is 24.8 Å². The average molecular weight is 438 g/mol. The minimum absolute atomic E-state index is 0.00861. The summed E-state index contributed by atoms with van der Waals surface area (Å²) >= 11 is 2.23. The monoisotopic (exact) mass is 438 g/mol. The lowest BCUT2D eigenvalue weighted by atomic mass is 10.1. The first kappa shape index (κ1) is 17.6. The third kappa shape index (κ3) is 4.39. The van der Waals surface area contributed by atoms with Crippen LogP contribution in [0.25, 0.3) is 0 Å². The van der Waals surface area contributed by atoms with Crippen molar-refractivity contribution >= 4 is 30.7 Å². The Hall–Kier alpha value is -0.743. The van der Waals surface area contributed by atoms with Crippen molar-refractivity contribution in [1.29, 1.82) is 0 Å². The fraction of sp³-hybridized carbons (Fsp3) is 0.571. The van der Waals surface area contributed by atoms with Gasteiger partial charge < -0.3 is 4.74 Å². The molecule has 1 aromatic heterocycles. The van der Waals surface area contributed by atoms with Crippen LogP contribution in [-0.2, 0) is 4.74 Å². The van der Waals surface area contributed by atoms with E-state index in [9.17, 15) is 14.0 Å². The van der Waals surface area contributed by atoms with E-state index in [0.717, 1.165) is 23.6 Å². The first-order valence-corrected chi connectivity index (χ1v) is 12.0. The molecule has 1 aliphatic heterocycles. The van der Waals surface area contributed by atoms with Crippen LogP contribution < -0.4 is 11.2 Å². The van der Waals surface area contributed by atoms with E-state index in [0.29, 0.717) is 6.61 Å². The third-order valence-electron chi connectivity index (χ3n) is 3.31. The van der Waals surface area contributed by atoms with Crippen molar-refractivity contribution in [2.24, 2.45) is 0 Å². The molecule has 0 spiro atoms. The molecule has 22 heavy (non-hydrogen) atoms. The van der Waals surface area contributed by atoms with Crippen molar-refractivity contribution in [2.45, 2.75) is 42.6 Å². The number of nitrogens with zero attached hydrogens (tertiary/aromatic N) is 1. The highest BCUT2D eigenvalue weighted by atomic mass is 127. The van der Waals surface area contributed by atoms with Gasteiger partial charge in [0.25, 0.3) is 5.56 Å².